The summed E-state index contributed by atoms with van der Waals surface area (Å²) in [4.78, 5) is 21.8. The third-order valence-corrected chi connectivity index (χ3v) is 3.16. The molecule has 1 aromatic heterocycles. The van der Waals surface area contributed by atoms with Crippen LogP contribution in [0, 0.1) is 6.92 Å². The number of nitrogens with zero attached hydrogens (tertiary/aromatic N) is 4. The molecule has 0 aliphatic carbocycles. The van der Waals surface area contributed by atoms with E-state index in [0.29, 0.717) is 5.95 Å². The Bertz CT molecular complexity index is 616. The first-order valence-electron chi connectivity index (χ1n) is 5.39. The molecular weight excluding hydrogens is 296 g/mol. The summed E-state index contributed by atoms with van der Waals surface area (Å²) in [5.74, 6) is 0.404. The lowest BCUT2D eigenvalue weighted by atomic mass is 10.2. The molecule has 18 heavy (non-hydrogen) atoms. The summed E-state index contributed by atoms with van der Waals surface area (Å²) in [5, 5.41) is 0. The van der Waals surface area contributed by atoms with Crippen molar-refractivity contribution in [2.24, 2.45) is 0 Å². The predicted octanol–water partition coefficient (Wildman–Crippen LogP) is 1.76. The van der Waals surface area contributed by atoms with Gasteiger partial charge in [0, 0.05) is 18.6 Å². The second-order valence-corrected chi connectivity index (χ2v) is 4.96. The maximum absolute atomic E-state index is 12.0. The van der Waals surface area contributed by atoms with E-state index in [0.717, 1.165) is 15.7 Å². The highest BCUT2D eigenvalue weighted by atomic mass is 79.9. The minimum Gasteiger partial charge on any atom is -0.347 e. The number of hydrogen-bond acceptors (Lipinski definition) is 4. The van der Waals surface area contributed by atoms with E-state index in [1.165, 1.54) is 10.9 Å². The second-order valence-electron chi connectivity index (χ2n) is 4.11. The van der Waals surface area contributed by atoms with E-state index in [-0.39, 0.29) is 5.69 Å². The number of aromatic nitrogens is 3. The standard InChI is InChI=1S/C12H13BrN4O/c1-8-5-4-6-9(13)10(8)17-7-14-11(16(2)3)15-12(17)18/h4-7H,1-3H3. The first-order chi connectivity index (χ1) is 8.50. The molecule has 0 aliphatic heterocycles. The molecule has 0 saturated heterocycles. The highest BCUT2D eigenvalue weighted by molar-refractivity contribution is 9.10. The van der Waals surface area contributed by atoms with Crippen LogP contribution in [0.15, 0.2) is 33.8 Å². The maximum atomic E-state index is 12.0. The van der Waals surface area contributed by atoms with Crippen molar-refractivity contribution in [2.45, 2.75) is 6.92 Å². The number of halogens is 1. The Balaban J connectivity index is 2.63. The highest BCUT2D eigenvalue weighted by Gasteiger charge is 2.10. The molecule has 1 aromatic carbocycles. The molecule has 94 valence electrons. The average molecular weight is 309 g/mol. The fraction of sp³-hybridized carbons (Fsp3) is 0.250. The number of hydrogen-bond donors (Lipinski definition) is 0. The molecular formula is C12H13BrN4O. The smallest absolute Gasteiger partial charge is 0.347 e. The zero-order chi connectivity index (χ0) is 13.3. The molecule has 0 unspecified atom stereocenters. The zero-order valence-corrected chi connectivity index (χ0v) is 12.0. The van der Waals surface area contributed by atoms with Gasteiger partial charge < -0.3 is 4.90 Å². The molecule has 6 heteroatoms. The third-order valence-electron chi connectivity index (χ3n) is 2.52. The van der Waals surface area contributed by atoms with Crippen LogP contribution in [-0.2, 0) is 0 Å². The molecule has 0 atom stereocenters. The number of benzene rings is 1. The zero-order valence-electron chi connectivity index (χ0n) is 10.4. The van der Waals surface area contributed by atoms with Gasteiger partial charge in [-0.05, 0) is 34.5 Å². The van der Waals surface area contributed by atoms with E-state index >= 15 is 0 Å². The summed E-state index contributed by atoms with van der Waals surface area (Å²) >= 11 is 3.44. The Kier molecular flexibility index (Phi) is 3.47. The minimum absolute atomic E-state index is 0.344. The lowest BCUT2D eigenvalue weighted by Crippen LogP contribution is -2.26. The van der Waals surface area contributed by atoms with Crippen molar-refractivity contribution < 1.29 is 0 Å². The van der Waals surface area contributed by atoms with Gasteiger partial charge in [0.05, 0.1) is 5.69 Å². The van der Waals surface area contributed by atoms with Gasteiger partial charge in [-0.25, -0.2) is 14.3 Å². The molecule has 5 nitrogen and oxygen atoms in total. The fourth-order valence-corrected chi connectivity index (χ4v) is 2.28. The van der Waals surface area contributed by atoms with E-state index in [1.807, 2.05) is 25.1 Å². The van der Waals surface area contributed by atoms with Gasteiger partial charge in [-0.3, -0.25) is 0 Å². The predicted molar refractivity (Wildman–Crippen MR) is 74.4 cm³/mol. The quantitative estimate of drug-likeness (QED) is 0.848. The summed E-state index contributed by atoms with van der Waals surface area (Å²) in [5.41, 5.74) is 1.41. The van der Waals surface area contributed by atoms with Crippen molar-refractivity contribution in [1.82, 2.24) is 14.5 Å². The largest absolute Gasteiger partial charge is 0.356 e. The molecule has 0 bridgehead atoms. The van der Waals surface area contributed by atoms with Gasteiger partial charge in [0.1, 0.15) is 6.33 Å². The van der Waals surface area contributed by atoms with Crippen molar-refractivity contribution in [3.05, 3.63) is 45.0 Å². The Morgan fingerprint density at radius 2 is 2.06 bits per heavy atom. The van der Waals surface area contributed by atoms with Crippen LogP contribution in [0.3, 0.4) is 0 Å². The van der Waals surface area contributed by atoms with E-state index in [2.05, 4.69) is 25.9 Å². The van der Waals surface area contributed by atoms with E-state index < -0.39 is 0 Å². The SMILES string of the molecule is Cc1cccc(Br)c1-n1cnc(N(C)C)nc1=O. The van der Waals surface area contributed by atoms with Crippen LogP contribution >= 0.6 is 15.9 Å². The lowest BCUT2D eigenvalue weighted by molar-refractivity contribution is 0.829. The molecule has 0 saturated carbocycles. The first-order valence-corrected chi connectivity index (χ1v) is 6.18. The van der Waals surface area contributed by atoms with Gasteiger partial charge in [-0.1, -0.05) is 12.1 Å². The normalized spacial score (nSPS) is 10.4. The molecule has 0 fully saturated rings. The molecule has 0 radical (unpaired) electrons. The number of anilines is 1. The van der Waals surface area contributed by atoms with Crippen molar-refractivity contribution >= 4 is 21.9 Å². The number of rotatable bonds is 2. The van der Waals surface area contributed by atoms with Crippen LogP contribution in [0.4, 0.5) is 5.95 Å². The second kappa shape index (κ2) is 4.89. The summed E-state index contributed by atoms with van der Waals surface area (Å²) in [6.07, 6.45) is 1.50. The van der Waals surface area contributed by atoms with Gasteiger partial charge in [-0.15, -0.1) is 0 Å². The van der Waals surface area contributed by atoms with Crippen molar-refractivity contribution in [3.63, 3.8) is 0 Å². The van der Waals surface area contributed by atoms with E-state index in [9.17, 15) is 4.79 Å². The number of para-hydroxylation sites is 1. The Hall–Kier alpha value is -1.69. The first kappa shape index (κ1) is 12.8. The summed E-state index contributed by atoms with van der Waals surface area (Å²) < 4.78 is 2.28. The number of aryl methyl sites for hydroxylation is 1. The molecule has 2 aromatic rings. The van der Waals surface area contributed by atoms with Crippen LogP contribution in [0.2, 0.25) is 0 Å². The van der Waals surface area contributed by atoms with Crippen LogP contribution in [0.5, 0.6) is 0 Å². The van der Waals surface area contributed by atoms with Crippen LogP contribution < -0.4 is 10.6 Å². The van der Waals surface area contributed by atoms with Gasteiger partial charge in [0.2, 0.25) is 5.95 Å². The minimum atomic E-state index is -0.344. The Morgan fingerprint density at radius 1 is 1.33 bits per heavy atom. The molecule has 0 spiro atoms. The third kappa shape index (κ3) is 2.28. The summed E-state index contributed by atoms with van der Waals surface area (Å²) in [7, 11) is 3.59. The topological polar surface area (TPSA) is 51.0 Å². The summed E-state index contributed by atoms with van der Waals surface area (Å²) in [6, 6.07) is 5.74. The van der Waals surface area contributed by atoms with Crippen LogP contribution in [0.1, 0.15) is 5.56 Å². The van der Waals surface area contributed by atoms with Crippen LogP contribution in [0.25, 0.3) is 5.69 Å². The van der Waals surface area contributed by atoms with E-state index in [4.69, 9.17) is 0 Å². The Labute approximate surface area is 113 Å². The average Bonchev–Trinajstić information content (AvgIpc) is 2.30. The lowest BCUT2D eigenvalue weighted by Gasteiger charge is -2.13. The molecule has 0 aliphatic rings. The van der Waals surface area contributed by atoms with Crippen molar-refractivity contribution in [1.29, 1.82) is 0 Å². The van der Waals surface area contributed by atoms with Gasteiger partial charge in [-0.2, -0.15) is 4.98 Å². The monoisotopic (exact) mass is 308 g/mol. The van der Waals surface area contributed by atoms with Crippen LogP contribution in [-0.4, -0.2) is 28.6 Å². The molecule has 2 rings (SSSR count). The maximum Gasteiger partial charge on any atom is 0.356 e. The van der Waals surface area contributed by atoms with Crippen molar-refractivity contribution in [2.75, 3.05) is 19.0 Å². The van der Waals surface area contributed by atoms with Gasteiger partial charge in [0.15, 0.2) is 0 Å². The van der Waals surface area contributed by atoms with E-state index in [1.54, 1.807) is 19.0 Å². The molecule has 0 amide bonds. The Morgan fingerprint density at radius 3 is 2.61 bits per heavy atom. The fourth-order valence-electron chi connectivity index (χ4n) is 1.62. The molecule has 0 N–H and O–H groups in total. The molecule has 1 heterocycles. The van der Waals surface area contributed by atoms with Gasteiger partial charge in [0.25, 0.3) is 0 Å². The van der Waals surface area contributed by atoms with Crippen molar-refractivity contribution in [3.8, 4) is 5.69 Å². The summed E-state index contributed by atoms with van der Waals surface area (Å²) in [6.45, 7) is 1.94. The highest BCUT2D eigenvalue weighted by Crippen LogP contribution is 2.22. The van der Waals surface area contributed by atoms with Gasteiger partial charge >= 0.3 is 5.69 Å².